The van der Waals surface area contributed by atoms with Gasteiger partial charge in [-0.3, -0.25) is 0 Å². The molecule has 0 bridgehead atoms. The zero-order valence-electron chi connectivity index (χ0n) is 5.67. The van der Waals surface area contributed by atoms with Crippen LogP contribution in [0.4, 0.5) is 22.0 Å². The van der Waals surface area contributed by atoms with Crippen LogP contribution < -0.4 is 0 Å². The minimum atomic E-state index is -4.64. The summed E-state index contributed by atoms with van der Waals surface area (Å²) in [6, 6.07) is 0. The Labute approximate surface area is 61.4 Å². The van der Waals surface area contributed by atoms with Gasteiger partial charge in [0.1, 0.15) is 12.3 Å². The summed E-state index contributed by atoms with van der Waals surface area (Å²) in [5.74, 6) is 0. The maximum atomic E-state index is 12.2. The van der Waals surface area contributed by atoms with E-state index in [2.05, 4.69) is 6.92 Å². The Morgan fingerprint density at radius 2 is 1.55 bits per heavy atom. The third-order valence-corrected chi connectivity index (χ3v) is 1.09. The first-order valence-corrected chi connectivity index (χ1v) is 3.01. The second kappa shape index (κ2) is 3.88. The first-order chi connectivity index (χ1) is 4.87. The monoisotopic (exact) mass is 175 g/mol. The summed E-state index contributed by atoms with van der Waals surface area (Å²) in [5.41, 5.74) is 0. The molecule has 2 atom stereocenters. The summed E-state index contributed by atoms with van der Waals surface area (Å²) < 4.78 is 58.4. The predicted molar refractivity (Wildman–Crippen MR) is 30.4 cm³/mol. The molecule has 0 amide bonds. The van der Waals surface area contributed by atoms with E-state index >= 15 is 0 Å². The Kier molecular flexibility index (Phi) is 3.75. The molecule has 0 fully saturated rings. The first-order valence-electron chi connectivity index (χ1n) is 3.01. The molecule has 0 saturated heterocycles. The highest BCUT2D eigenvalue weighted by atomic mass is 19.4. The lowest BCUT2D eigenvalue weighted by Gasteiger charge is -2.13. The number of alkyl halides is 5. The molecule has 0 nitrogen and oxygen atoms in total. The average Bonchev–Trinajstić information content (AvgIpc) is 1.82. The summed E-state index contributed by atoms with van der Waals surface area (Å²) >= 11 is 0. The van der Waals surface area contributed by atoms with E-state index in [1.807, 2.05) is 0 Å². The molecule has 5 heteroatoms. The van der Waals surface area contributed by atoms with E-state index in [1.165, 1.54) is 0 Å². The number of halogens is 5. The number of rotatable bonds is 3. The van der Waals surface area contributed by atoms with Crippen molar-refractivity contribution >= 4 is 0 Å². The van der Waals surface area contributed by atoms with Gasteiger partial charge in [0.15, 0.2) is 0 Å². The van der Waals surface area contributed by atoms with Crippen LogP contribution in [0.25, 0.3) is 0 Å². The van der Waals surface area contributed by atoms with Crippen molar-refractivity contribution < 1.29 is 22.0 Å². The van der Waals surface area contributed by atoms with Crippen molar-refractivity contribution in [1.82, 2.24) is 0 Å². The van der Waals surface area contributed by atoms with Crippen molar-refractivity contribution in [1.29, 1.82) is 0 Å². The fourth-order valence-electron chi connectivity index (χ4n) is 0.530. The number of hydrogen-bond acceptors (Lipinski definition) is 0. The second-order valence-corrected chi connectivity index (χ2v) is 2.14. The Balaban J connectivity index is 3.77. The molecule has 1 unspecified atom stereocenters. The molecule has 0 aliphatic rings. The molecule has 0 aliphatic carbocycles. The van der Waals surface area contributed by atoms with Crippen LogP contribution in [0.3, 0.4) is 0 Å². The predicted octanol–water partition coefficient (Wildman–Crippen LogP) is 2.84. The van der Waals surface area contributed by atoms with Gasteiger partial charge in [0.2, 0.25) is 0 Å². The molecule has 1 radical (unpaired) electrons. The Morgan fingerprint density at radius 3 is 1.82 bits per heavy atom. The maximum Gasteiger partial charge on any atom is 0.392 e. The summed E-state index contributed by atoms with van der Waals surface area (Å²) in [6.07, 6.45) is -11.4. The molecule has 11 heavy (non-hydrogen) atoms. The smallest absolute Gasteiger partial charge is 0.244 e. The maximum absolute atomic E-state index is 12.2. The van der Waals surface area contributed by atoms with Crippen LogP contribution in [0.2, 0.25) is 0 Å². The van der Waals surface area contributed by atoms with Crippen molar-refractivity contribution in [3.05, 3.63) is 6.92 Å². The van der Waals surface area contributed by atoms with Crippen molar-refractivity contribution in [2.75, 3.05) is 0 Å². The molecule has 0 aromatic carbocycles. The van der Waals surface area contributed by atoms with Crippen LogP contribution in [-0.2, 0) is 0 Å². The normalized spacial score (nSPS) is 18.0. The minimum absolute atomic E-state index is 0.475. The van der Waals surface area contributed by atoms with Gasteiger partial charge < -0.3 is 0 Å². The van der Waals surface area contributed by atoms with Crippen LogP contribution in [0.15, 0.2) is 0 Å². The van der Waals surface area contributed by atoms with Gasteiger partial charge >= 0.3 is 6.18 Å². The zero-order chi connectivity index (χ0) is 9.07. The van der Waals surface area contributed by atoms with E-state index < -0.39 is 31.4 Å². The largest absolute Gasteiger partial charge is 0.392 e. The van der Waals surface area contributed by atoms with Gasteiger partial charge in [-0.25, -0.2) is 8.78 Å². The van der Waals surface area contributed by atoms with Gasteiger partial charge in [0, 0.05) is 0 Å². The molecule has 0 aromatic heterocycles. The molecule has 67 valence electrons. The third-order valence-electron chi connectivity index (χ3n) is 1.09. The number of hydrogen-bond donors (Lipinski definition) is 0. The third kappa shape index (κ3) is 4.98. The van der Waals surface area contributed by atoms with Crippen LogP contribution in [-0.4, -0.2) is 18.5 Å². The van der Waals surface area contributed by atoms with Crippen molar-refractivity contribution in [2.24, 2.45) is 0 Å². The molecule has 0 heterocycles. The van der Waals surface area contributed by atoms with Crippen LogP contribution in [0.5, 0.6) is 0 Å². The van der Waals surface area contributed by atoms with Crippen LogP contribution in [0, 0.1) is 6.92 Å². The summed E-state index contributed by atoms with van der Waals surface area (Å²) in [7, 11) is 0. The Bertz CT molecular complexity index is 108. The Hall–Kier alpha value is -0.350. The molecule has 0 saturated carbocycles. The lowest BCUT2D eigenvalue weighted by Crippen LogP contribution is -2.24. The zero-order valence-corrected chi connectivity index (χ0v) is 5.67. The molecular formula is C6H8F5. The first kappa shape index (κ1) is 10.7. The molecule has 0 rings (SSSR count). The molecule has 0 N–H and O–H groups in total. The highest BCUT2D eigenvalue weighted by Crippen LogP contribution is 2.26. The van der Waals surface area contributed by atoms with Gasteiger partial charge in [-0.15, -0.1) is 0 Å². The van der Waals surface area contributed by atoms with Crippen molar-refractivity contribution in [3.8, 4) is 0 Å². The highest BCUT2D eigenvalue weighted by molar-refractivity contribution is 4.72. The van der Waals surface area contributed by atoms with Gasteiger partial charge in [0.25, 0.3) is 0 Å². The molecular weight excluding hydrogens is 167 g/mol. The Morgan fingerprint density at radius 1 is 1.09 bits per heavy atom. The van der Waals surface area contributed by atoms with E-state index in [1.54, 1.807) is 0 Å². The van der Waals surface area contributed by atoms with Gasteiger partial charge in [-0.2, -0.15) is 13.2 Å². The van der Waals surface area contributed by atoms with Crippen LogP contribution in [0.1, 0.15) is 12.8 Å². The van der Waals surface area contributed by atoms with Crippen molar-refractivity contribution in [2.45, 2.75) is 31.4 Å². The van der Waals surface area contributed by atoms with E-state index in [0.717, 1.165) is 0 Å². The SMILES string of the molecule is [CH2]CC(F)[C@@H](F)CC(F)(F)F. The topological polar surface area (TPSA) is 0 Å². The lowest BCUT2D eigenvalue weighted by atomic mass is 10.1. The molecule has 0 aromatic rings. The van der Waals surface area contributed by atoms with E-state index in [0.29, 0.717) is 0 Å². The van der Waals surface area contributed by atoms with E-state index in [-0.39, 0.29) is 0 Å². The van der Waals surface area contributed by atoms with Gasteiger partial charge in [-0.1, -0.05) is 6.92 Å². The molecule has 0 spiro atoms. The summed E-state index contributed by atoms with van der Waals surface area (Å²) in [4.78, 5) is 0. The summed E-state index contributed by atoms with van der Waals surface area (Å²) in [6.45, 7) is 2.95. The minimum Gasteiger partial charge on any atom is -0.244 e. The van der Waals surface area contributed by atoms with Crippen LogP contribution >= 0.6 is 0 Å². The van der Waals surface area contributed by atoms with E-state index in [4.69, 9.17) is 0 Å². The van der Waals surface area contributed by atoms with E-state index in [9.17, 15) is 22.0 Å². The quantitative estimate of drug-likeness (QED) is 0.578. The average molecular weight is 175 g/mol. The highest BCUT2D eigenvalue weighted by Gasteiger charge is 2.35. The van der Waals surface area contributed by atoms with Gasteiger partial charge in [-0.05, 0) is 6.42 Å². The van der Waals surface area contributed by atoms with Crippen molar-refractivity contribution in [3.63, 3.8) is 0 Å². The fourth-order valence-corrected chi connectivity index (χ4v) is 0.530. The molecule has 0 aliphatic heterocycles. The second-order valence-electron chi connectivity index (χ2n) is 2.14. The van der Waals surface area contributed by atoms with Gasteiger partial charge in [0.05, 0.1) is 6.42 Å². The summed E-state index contributed by atoms with van der Waals surface area (Å²) in [5, 5.41) is 0. The standard InChI is InChI=1S/C6H8F5/c1-2-4(7)5(8)3-6(9,10)11/h4-5H,1-3H2/t4?,5-/m0/s1. The fraction of sp³-hybridized carbons (Fsp3) is 0.833. The lowest BCUT2D eigenvalue weighted by molar-refractivity contribution is -0.151.